The Kier molecular flexibility index (Phi) is 5.90. The summed E-state index contributed by atoms with van der Waals surface area (Å²) in [5, 5.41) is 3.70. The number of rotatable bonds is 8. The minimum atomic E-state index is -0.0408. The topological polar surface area (TPSA) is 51.9 Å². The molecule has 0 aliphatic carbocycles. The van der Waals surface area contributed by atoms with Gasteiger partial charge in [-0.25, -0.2) is 4.98 Å². The van der Waals surface area contributed by atoms with Gasteiger partial charge < -0.3 is 14.5 Å². The van der Waals surface area contributed by atoms with Crippen LogP contribution in [0.5, 0.6) is 0 Å². The third kappa shape index (κ3) is 4.97. The van der Waals surface area contributed by atoms with E-state index in [-0.39, 0.29) is 11.9 Å². The summed E-state index contributed by atoms with van der Waals surface area (Å²) in [5.41, 5.74) is 1.06. The quantitative estimate of drug-likeness (QED) is 0.628. The third-order valence-electron chi connectivity index (χ3n) is 4.10. The number of aryl methyl sites for hydroxylation is 1. The van der Waals surface area contributed by atoms with E-state index in [1.165, 1.54) is 0 Å². The fourth-order valence-electron chi connectivity index (χ4n) is 2.79. The maximum absolute atomic E-state index is 12.4. The van der Waals surface area contributed by atoms with Crippen molar-refractivity contribution in [1.82, 2.24) is 19.4 Å². The highest BCUT2D eigenvalue weighted by Crippen LogP contribution is 2.23. The number of nitrogens with zero attached hydrogens (tertiary/aromatic N) is 3. The van der Waals surface area contributed by atoms with E-state index in [9.17, 15) is 4.79 Å². The van der Waals surface area contributed by atoms with Crippen LogP contribution in [0.3, 0.4) is 0 Å². The third-order valence-corrected chi connectivity index (χ3v) is 4.35. The Morgan fingerprint density at radius 1 is 1.16 bits per heavy atom. The van der Waals surface area contributed by atoms with Gasteiger partial charge in [-0.05, 0) is 36.2 Å². The van der Waals surface area contributed by atoms with Crippen LogP contribution in [0.25, 0.3) is 0 Å². The van der Waals surface area contributed by atoms with Crippen molar-refractivity contribution in [1.29, 1.82) is 0 Å². The molecule has 0 saturated heterocycles. The van der Waals surface area contributed by atoms with Crippen LogP contribution in [0.2, 0.25) is 5.02 Å². The lowest BCUT2D eigenvalue weighted by molar-refractivity contribution is -0.121. The van der Waals surface area contributed by atoms with Crippen LogP contribution < -0.4 is 5.32 Å². The van der Waals surface area contributed by atoms with Gasteiger partial charge >= 0.3 is 0 Å². The summed E-state index contributed by atoms with van der Waals surface area (Å²) in [6, 6.07) is 11.5. The zero-order chi connectivity index (χ0) is 17.5. The van der Waals surface area contributed by atoms with E-state index in [0.29, 0.717) is 18.0 Å². The number of amides is 1. The monoisotopic (exact) mass is 356 g/mol. The summed E-state index contributed by atoms with van der Waals surface area (Å²) in [4.78, 5) is 16.4. The van der Waals surface area contributed by atoms with Gasteiger partial charge in [0.2, 0.25) is 5.91 Å². The number of carbonyl (C=O) groups is 1. The van der Waals surface area contributed by atoms with Gasteiger partial charge in [0.15, 0.2) is 0 Å². The van der Waals surface area contributed by atoms with E-state index in [0.717, 1.165) is 18.5 Å². The highest BCUT2D eigenvalue weighted by Gasteiger charge is 2.17. The molecule has 1 aromatic carbocycles. The molecule has 3 aromatic rings. The minimum Gasteiger partial charge on any atom is -0.356 e. The SMILES string of the molecule is O=C(C[C@@H](c1ccc(Cl)cc1)n1cccc1)NCCCn1ccnc1. The number of aromatic nitrogens is 3. The van der Waals surface area contributed by atoms with Gasteiger partial charge in [-0.2, -0.15) is 0 Å². The predicted octanol–water partition coefficient (Wildman–Crippen LogP) is 3.52. The maximum Gasteiger partial charge on any atom is 0.222 e. The first-order valence-corrected chi connectivity index (χ1v) is 8.70. The van der Waals surface area contributed by atoms with E-state index in [4.69, 9.17) is 11.6 Å². The lowest BCUT2D eigenvalue weighted by Gasteiger charge is -2.19. The number of carbonyl (C=O) groups excluding carboxylic acids is 1. The van der Waals surface area contributed by atoms with Crippen LogP contribution >= 0.6 is 11.6 Å². The molecule has 0 unspecified atom stereocenters. The van der Waals surface area contributed by atoms with E-state index >= 15 is 0 Å². The molecule has 1 atom stereocenters. The molecule has 3 rings (SSSR count). The zero-order valence-corrected chi connectivity index (χ0v) is 14.6. The van der Waals surface area contributed by atoms with Crippen LogP contribution in [0, 0.1) is 0 Å². The number of halogens is 1. The smallest absolute Gasteiger partial charge is 0.222 e. The second-order valence-electron chi connectivity index (χ2n) is 5.91. The highest BCUT2D eigenvalue weighted by atomic mass is 35.5. The molecular formula is C19H21ClN4O. The standard InChI is InChI=1S/C19H21ClN4O/c20-17-6-4-16(5-7-17)18(24-11-1-2-12-24)14-19(25)22-8-3-10-23-13-9-21-15-23/h1-2,4-7,9,11-13,15,18H,3,8,10,14H2,(H,22,25)/t18-/m0/s1. The fraction of sp³-hybridized carbons (Fsp3) is 0.263. The highest BCUT2D eigenvalue weighted by molar-refractivity contribution is 6.30. The Morgan fingerprint density at radius 2 is 1.92 bits per heavy atom. The first kappa shape index (κ1) is 17.3. The molecule has 0 aliphatic heterocycles. The zero-order valence-electron chi connectivity index (χ0n) is 13.9. The van der Waals surface area contributed by atoms with E-state index < -0.39 is 0 Å². The number of imidazole rings is 1. The van der Waals surface area contributed by atoms with Crippen molar-refractivity contribution < 1.29 is 4.79 Å². The predicted molar refractivity (Wildman–Crippen MR) is 98.5 cm³/mol. The molecule has 0 bridgehead atoms. The summed E-state index contributed by atoms with van der Waals surface area (Å²) in [6.07, 6.45) is 10.7. The van der Waals surface area contributed by atoms with Crippen molar-refractivity contribution in [3.05, 3.63) is 78.1 Å². The van der Waals surface area contributed by atoms with Gasteiger partial charge in [0.1, 0.15) is 0 Å². The molecule has 0 fully saturated rings. The summed E-state index contributed by atoms with van der Waals surface area (Å²) < 4.78 is 4.05. The van der Waals surface area contributed by atoms with Gasteiger partial charge in [0, 0.05) is 42.9 Å². The summed E-state index contributed by atoms with van der Waals surface area (Å²) in [7, 11) is 0. The lowest BCUT2D eigenvalue weighted by Crippen LogP contribution is -2.28. The molecule has 0 saturated carbocycles. The Balaban J connectivity index is 1.56. The fourth-order valence-corrected chi connectivity index (χ4v) is 2.92. The summed E-state index contributed by atoms with van der Waals surface area (Å²) in [5.74, 6) is 0.0410. The number of benzene rings is 1. The van der Waals surface area contributed by atoms with Crippen LogP contribution in [0.15, 0.2) is 67.5 Å². The molecule has 2 heterocycles. The molecular weight excluding hydrogens is 336 g/mol. The lowest BCUT2D eigenvalue weighted by atomic mass is 10.0. The van der Waals surface area contributed by atoms with Crippen molar-refractivity contribution >= 4 is 17.5 Å². The van der Waals surface area contributed by atoms with E-state index in [1.54, 1.807) is 12.5 Å². The number of hydrogen-bond donors (Lipinski definition) is 1. The van der Waals surface area contributed by atoms with E-state index in [1.807, 2.05) is 64.1 Å². The summed E-state index contributed by atoms with van der Waals surface area (Å²) in [6.45, 7) is 1.49. The molecule has 1 amide bonds. The first-order chi connectivity index (χ1) is 12.2. The van der Waals surface area contributed by atoms with Gasteiger partial charge in [-0.1, -0.05) is 23.7 Å². The first-order valence-electron chi connectivity index (χ1n) is 8.33. The largest absolute Gasteiger partial charge is 0.356 e. The molecule has 0 aliphatic rings. The Morgan fingerprint density at radius 3 is 2.60 bits per heavy atom. The maximum atomic E-state index is 12.4. The molecule has 6 heteroatoms. The second-order valence-corrected chi connectivity index (χ2v) is 6.34. The van der Waals surface area contributed by atoms with Crippen molar-refractivity contribution in [3.8, 4) is 0 Å². The molecule has 130 valence electrons. The Bertz CT molecular complexity index is 766. The molecule has 0 spiro atoms. The molecule has 25 heavy (non-hydrogen) atoms. The van der Waals surface area contributed by atoms with Crippen molar-refractivity contribution in [2.75, 3.05) is 6.54 Å². The Hall–Kier alpha value is -2.53. The van der Waals surface area contributed by atoms with Gasteiger partial charge in [0.05, 0.1) is 18.8 Å². The average Bonchev–Trinajstić information content (AvgIpc) is 3.31. The van der Waals surface area contributed by atoms with Crippen LogP contribution in [-0.4, -0.2) is 26.6 Å². The van der Waals surface area contributed by atoms with E-state index in [2.05, 4.69) is 10.3 Å². The normalized spacial score (nSPS) is 12.0. The summed E-state index contributed by atoms with van der Waals surface area (Å²) >= 11 is 5.98. The second kappa shape index (κ2) is 8.53. The van der Waals surface area contributed by atoms with Crippen LogP contribution in [0.4, 0.5) is 0 Å². The average molecular weight is 357 g/mol. The van der Waals surface area contributed by atoms with Gasteiger partial charge in [-0.3, -0.25) is 4.79 Å². The van der Waals surface area contributed by atoms with Crippen LogP contribution in [0.1, 0.15) is 24.4 Å². The van der Waals surface area contributed by atoms with Gasteiger partial charge in [-0.15, -0.1) is 0 Å². The minimum absolute atomic E-state index is 0.0408. The molecule has 2 aromatic heterocycles. The number of nitrogens with one attached hydrogen (secondary N) is 1. The van der Waals surface area contributed by atoms with Crippen molar-refractivity contribution in [2.24, 2.45) is 0 Å². The molecule has 1 N–H and O–H groups in total. The molecule has 5 nitrogen and oxygen atoms in total. The van der Waals surface area contributed by atoms with Crippen molar-refractivity contribution in [3.63, 3.8) is 0 Å². The number of hydrogen-bond acceptors (Lipinski definition) is 2. The molecule has 0 radical (unpaired) electrons. The van der Waals surface area contributed by atoms with Crippen molar-refractivity contribution in [2.45, 2.75) is 25.4 Å². The van der Waals surface area contributed by atoms with Crippen LogP contribution in [-0.2, 0) is 11.3 Å². The Labute approximate surface area is 152 Å². The van der Waals surface area contributed by atoms with Gasteiger partial charge in [0.25, 0.3) is 0 Å².